The summed E-state index contributed by atoms with van der Waals surface area (Å²) in [5.74, 6) is -1.81. The van der Waals surface area contributed by atoms with Crippen molar-refractivity contribution in [2.45, 2.75) is 95.4 Å². The summed E-state index contributed by atoms with van der Waals surface area (Å²) < 4.78 is 9.85. The highest BCUT2D eigenvalue weighted by Gasteiger charge is 2.36. The van der Waals surface area contributed by atoms with Gasteiger partial charge in [0, 0.05) is 20.0 Å². The molecule has 0 aromatic rings. The van der Waals surface area contributed by atoms with Crippen molar-refractivity contribution in [2.75, 3.05) is 20.3 Å². The van der Waals surface area contributed by atoms with Crippen molar-refractivity contribution >= 4 is 44.9 Å². The number of carboxylic acid groups (broad SMARTS) is 1. The van der Waals surface area contributed by atoms with E-state index in [2.05, 4.69) is 0 Å². The summed E-state index contributed by atoms with van der Waals surface area (Å²) in [4.78, 5) is 66.2. The molecule has 10 nitrogen and oxygen atoms in total. The van der Waals surface area contributed by atoms with Crippen LogP contribution in [0.4, 0.5) is 0 Å². The molecule has 2 atom stereocenters. The van der Waals surface area contributed by atoms with Gasteiger partial charge in [-0.1, -0.05) is 50.0 Å². The van der Waals surface area contributed by atoms with E-state index in [1.54, 1.807) is 13.8 Å². The lowest BCUT2D eigenvalue weighted by molar-refractivity contribution is -0.158. The highest BCUT2D eigenvalue weighted by Crippen LogP contribution is 2.31. The Hall–Kier alpha value is -2.75. The normalized spacial score (nSPS) is 10.1. The Morgan fingerprint density at radius 1 is 0.861 bits per heavy atom. The number of aliphatic carboxylic acids is 1. The minimum atomic E-state index is -0.894. The number of carbonyl (C=O) groups excluding carboxylic acids is 6. The van der Waals surface area contributed by atoms with Gasteiger partial charge < -0.3 is 38.6 Å². The van der Waals surface area contributed by atoms with E-state index in [-0.39, 0.29) is 48.7 Å². The molecule has 0 saturated carbocycles. The van der Waals surface area contributed by atoms with E-state index in [1.807, 2.05) is 27.3 Å². The summed E-state index contributed by atoms with van der Waals surface area (Å²) in [5, 5.41) is 8.86. The maximum absolute atomic E-state index is 11.9. The molecule has 0 radical (unpaired) electrons. The number of hydrogen-bond donors (Lipinski definition) is 1. The number of aldehydes is 2. The maximum Gasteiger partial charge on any atom is 0.311 e. The third-order valence-electron chi connectivity index (χ3n) is 4.12. The molecule has 0 saturated heterocycles. The fourth-order valence-electron chi connectivity index (χ4n) is 2.16. The number of unbranched alkanes of at least 4 members (excludes halogenated alkanes) is 4. The van der Waals surface area contributed by atoms with E-state index in [9.17, 15) is 19.2 Å². The predicted octanol–water partition coefficient (Wildman–Crippen LogP) is 5.03. The molecular weight excluding hydrogens is 472 g/mol. The Morgan fingerprint density at radius 3 is 1.53 bits per heavy atom. The van der Waals surface area contributed by atoms with Crippen LogP contribution in [0.1, 0.15) is 95.4 Å². The molecule has 0 aliphatic heterocycles. The van der Waals surface area contributed by atoms with Crippen molar-refractivity contribution in [3.05, 3.63) is 0 Å². The van der Waals surface area contributed by atoms with E-state index in [4.69, 9.17) is 29.0 Å². The molecule has 1 N–H and O–H groups in total. The van der Waals surface area contributed by atoms with E-state index >= 15 is 0 Å². The molecule has 0 aliphatic carbocycles. The van der Waals surface area contributed by atoms with Crippen molar-refractivity contribution in [1.82, 2.24) is 0 Å². The van der Waals surface area contributed by atoms with Gasteiger partial charge in [-0.15, -0.1) is 0 Å². The molecule has 0 aliphatic rings. The molecule has 0 aromatic carbocycles. The first-order chi connectivity index (χ1) is 15.3. The number of carbonyl (C=O) groups is 7. The van der Waals surface area contributed by atoms with E-state index < -0.39 is 17.3 Å². The van der Waals surface area contributed by atoms with Gasteiger partial charge in [-0.2, -0.15) is 0 Å². The van der Waals surface area contributed by atoms with Gasteiger partial charge in [0.2, 0.25) is 0 Å². The van der Waals surface area contributed by atoms with Crippen LogP contribution in [0, 0.1) is 11.3 Å². The summed E-state index contributed by atoms with van der Waals surface area (Å²) in [6, 6.07) is 0. The molecule has 0 aromatic heterocycles. The number of carboxylic acids is 1. The zero-order chi connectivity index (χ0) is 26.4. The Balaban J connectivity index is -0.0000000473. The smallest absolute Gasteiger partial charge is 0.311 e. The largest absolute Gasteiger partial charge is 0.481 e. The van der Waals surface area contributed by atoms with Crippen LogP contribution in [0.3, 0.4) is 0 Å². The molecule has 36 heavy (non-hydrogen) atoms. The molecule has 10 heteroatoms. The third kappa shape index (κ3) is 41.5. The first kappa shape index (κ1) is 58.8. The average Bonchev–Trinajstić information content (AvgIpc) is 2.83. The van der Waals surface area contributed by atoms with Gasteiger partial charge in [-0.05, 0) is 32.6 Å². The first-order valence-corrected chi connectivity index (χ1v) is 9.91. The predicted molar refractivity (Wildman–Crippen MR) is 146 cm³/mol. The molecule has 0 fully saturated rings. The van der Waals surface area contributed by atoms with E-state index in [0.29, 0.717) is 25.9 Å². The lowest BCUT2D eigenvalue weighted by Crippen LogP contribution is -2.33. The first-order valence-electron chi connectivity index (χ1n) is 9.91. The van der Waals surface area contributed by atoms with Gasteiger partial charge in [-0.3, -0.25) is 9.59 Å². The monoisotopic (exact) mass is 528 g/mol. The number of hydrogen-bond acceptors (Lipinski definition) is 9. The van der Waals surface area contributed by atoms with E-state index in [1.165, 1.54) is 7.11 Å². The molecule has 0 spiro atoms. The third-order valence-corrected chi connectivity index (χ3v) is 4.12. The summed E-state index contributed by atoms with van der Waals surface area (Å²) >= 11 is 0. The van der Waals surface area contributed by atoms with Crippen LogP contribution in [-0.4, -0.2) is 70.3 Å². The minimum Gasteiger partial charge on any atom is -0.481 e. The maximum atomic E-state index is 11.9. The van der Waals surface area contributed by atoms with Crippen LogP contribution < -0.4 is 0 Å². The lowest BCUT2D eigenvalue weighted by atomic mass is 9.79. The van der Waals surface area contributed by atoms with Gasteiger partial charge in [0.05, 0.1) is 17.9 Å². The summed E-state index contributed by atoms with van der Waals surface area (Å²) in [6.07, 6.45) is 6.80. The summed E-state index contributed by atoms with van der Waals surface area (Å²) in [5.41, 5.74) is -0.744. The highest BCUT2D eigenvalue weighted by atomic mass is 16.6. The van der Waals surface area contributed by atoms with Gasteiger partial charge in [0.25, 0.3) is 0 Å². The highest BCUT2D eigenvalue weighted by molar-refractivity contribution is 5.78. The fourth-order valence-corrected chi connectivity index (χ4v) is 2.16. The van der Waals surface area contributed by atoms with Crippen LogP contribution in [0.25, 0.3) is 0 Å². The summed E-state index contributed by atoms with van der Waals surface area (Å²) in [6.45, 7) is 11.7. The van der Waals surface area contributed by atoms with Gasteiger partial charge in [-0.25, -0.2) is 0 Å². The second kappa shape index (κ2) is 49.4. The standard InChI is InChI=1S/C12H22O5.C7H12O2.3CH2O.4CH4/c1-5-12(3,8-9(2)10(13)14)11(15)17-7-6-16-4;8-6-4-2-1-3-5-7-9;3*1-2;;;;/h9H,5-8H2,1-4H3,(H,13,14);6-7H,1-5H2;3*1H2;4*1H4. The topological polar surface area (TPSA) is 158 Å². The molecule has 0 rings (SSSR count). The molecule has 220 valence electrons. The molecule has 0 bridgehead atoms. The Labute approximate surface area is 220 Å². The Kier molecular flexibility index (Phi) is 80.7. The molecule has 0 heterocycles. The zero-order valence-corrected chi connectivity index (χ0v) is 19.8. The van der Waals surface area contributed by atoms with Gasteiger partial charge >= 0.3 is 11.9 Å². The zero-order valence-electron chi connectivity index (χ0n) is 19.8. The molecular formula is C26H56O10. The van der Waals surface area contributed by atoms with Crippen LogP contribution in [0.2, 0.25) is 0 Å². The fraction of sp³-hybridized carbons (Fsp3) is 0.731. The summed E-state index contributed by atoms with van der Waals surface area (Å²) in [7, 11) is 1.53. The minimum absolute atomic E-state index is 0. The SMILES string of the molecule is C.C.C.C.C=O.C=O.C=O.CCC(C)(CC(C)C(=O)O)C(=O)OCCOC.O=CCCCCCC=O. The van der Waals surface area contributed by atoms with Crippen molar-refractivity contribution in [3.63, 3.8) is 0 Å². The van der Waals surface area contributed by atoms with E-state index in [0.717, 1.165) is 31.8 Å². The van der Waals surface area contributed by atoms with Crippen LogP contribution >= 0.6 is 0 Å². The van der Waals surface area contributed by atoms with Crippen LogP contribution in [-0.2, 0) is 43.0 Å². The molecule has 2 unspecified atom stereocenters. The van der Waals surface area contributed by atoms with Gasteiger partial charge in [0.15, 0.2) is 0 Å². The number of ether oxygens (including phenoxy) is 2. The van der Waals surface area contributed by atoms with Crippen LogP contribution in [0.5, 0.6) is 0 Å². The lowest BCUT2D eigenvalue weighted by Gasteiger charge is -2.27. The average molecular weight is 529 g/mol. The second-order valence-corrected chi connectivity index (χ2v) is 6.46. The Bertz CT molecular complexity index is 443. The second-order valence-electron chi connectivity index (χ2n) is 6.46. The molecule has 0 amide bonds. The van der Waals surface area contributed by atoms with Crippen molar-refractivity contribution in [3.8, 4) is 0 Å². The van der Waals surface area contributed by atoms with Crippen molar-refractivity contribution < 1.29 is 48.1 Å². The van der Waals surface area contributed by atoms with Crippen molar-refractivity contribution in [1.29, 1.82) is 0 Å². The van der Waals surface area contributed by atoms with Crippen molar-refractivity contribution in [2.24, 2.45) is 11.3 Å². The number of methoxy groups -OCH3 is 1. The van der Waals surface area contributed by atoms with Crippen LogP contribution in [0.15, 0.2) is 0 Å². The quantitative estimate of drug-likeness (QED) is 0.184. The van der Waals surface area contributed by atoms with Gasteiger partial charge in [0.1, 0.15) is 39.5 Å². The number of rotatable bonds is 14. The number of esters is 1. The Morgan fingerprint density at radius 2 is 1.25 bits per heavy atom.